The van der Waals surface area contributed by atoms with Gasteiger partial charge in [0.25, 0.3) is 0 Å². The summed E-state index contributed by atoms with van der Waals surface area (Å²) in [6.45, 7) is 5.57. The summed E-state index contributed by atoms with van der Waals surface area (Å²) in [5.41, 5.74) is 1.22. The maximum absolute atomic E-state index is 5.75. The molecule has 0 aliphatic carbocycles. The van der Waals surface area contributed by atoms with E-state index in [2.05, 4.69) is 29.4 Å². The molecule has 2 unspecified atom stereocenters. The van der Waals surface area contributed by atoms with Crippen molar-refractivity contribution in [2.45, 2.75) is 31.9 Å². The lowest BCUT2D eigenvalue weighted by atomic mass is 10.0. The monoisotopic (exact) mass is 292 g/mol. The molecule has 0 aromatic heterocycles. The third-order valence-corrected chi connectivity index (χ3v) is 3.98. The summed E-state index contributed by atoms with van der Waals surface area (Å²) >= 11 is 0. The normalized spacial score (nSPS) is 19.9. The number of nitrogens with one attached hydrogen (secondary N) is 1. The Kier molecular flexibility index (Phi) is 6.49. The number of hydrogen-bond donors (Lipinski definition) is 1. The minimum absolute atomic E-state index is 0.263. The van der Waals surface area contributed by atoms with Gasteiger partial charge in [0.05, 0.1) is 12.7 Å². The van der Waals surface area contributed by atoms with Crippen LogP contribution >= 0.6 is 0 Å². The molecule has 4 nitrogen and oxygen atoms in total. The second kappa shape index (κ2) is 8.37. The predicted molar refractivity (Wildman–Crippen MR) is 85.9 cm³/mol. The van der Waals surface area contributed by atoms with E-state index in [1.807, 2.05) is 26.1 Å². The first-order chi connectivity index (χ1) is 10.2. The maximum atomic E-state index is 5.75. The third-order valence-electron chi connectivity index (χ3n) is 3.98. The fraction of sp³-hybridized carbons (Fsp3) is 0.647. The topological polar surface area (TPSA) is 33.7 Å². The van der Waals surface area contributed by atoms with Gasteiger partial charge in [-0.3, -0.25) is 0 Å². The van der Waals surface area contributed by atoms with Gasteiger partial charge in [0.1, 0.15) is 5.75 Å². The summed E-state index contributed by atoms with van der Waals surface area (Å²) in [4.78, 5) is 2.35. The zero-order chi connectivity index (χ0) is 15.1. The molecule has 118 valence electrons. The molecule has 0 saturated carbocycles. The molecule has 1 fully saturated rings. The molecule has 0 spiro atoms. The summed E-state index contributed by atoms with van der Waals surface area (Å²) in [5.74, 6) is 0.977. The molecule has 4 heteroatoms. The predicted octanol–water partition coefficient (Wildman–Crippen LogP) is 2.46. The van der Waals surface area contributed by atoms with Gasteiger partial charge in [0.2, 0.25) is 0 Å². The van der Waals surface area contributed by atoms with Crippen molar-refractivity contribution < 1.29 is 9.47 Å². The van der Waals surface area contributed by atoms with Crippen LogP contribution in [0.2, 0.25) is 0 Å². The number of likely N-dealkylation sites (N-methyl/N-ethyl adjacent to an activating group) is 2. The second-order valence-corrected chi connectivity index (χ2v) is 5.67. The van der Waals surface area contributed by atoms with E-state index in [0.29, 0.717) is 12.7 Å². The van der Waals surface area contributed by atoms with Crippen molar-refractivity contribution >= 4 is 0 Å². The molecule has 2 atom stereocenters. The summed E-state index contributed by atoms with van der Waals surface area (Å²) in [7, 11) is 4.17. The number of ether oxygens (including phenoxy) is 2. The van der Waals surface area contributed by atoms with Crippen LogP contribution < -0.4 is 10.1 Å². The number of hydrogen-bond acceptors (Lipinski definition) is 4. The highest BCUT2D eigenvalue weighted by Gasteiger charge is 2.21. The molecule has 1 aromatic carbocycles. The van der Waals surface area contributed by atoms with E-state index < -0.39 is 0 Å². The highest BCUT2D eigenvalue weighted by Crippen LogP contribution is 2.25. The minimum Gasteiger partial charge on any atom is -0.494 e. The molecule has 1 aliphatic heterocycles. The van der Waals surface area contributed by atoms with Crippen molar-refractivity contribution in [3.8, 4) is 5.75 Å². The molecule has 21 heavy (non-hydrogen) atoms. The first-order valence-electron chi connectivity index (χ1n) is 7.93. The number of nitrogens with zero attached hydrogens (tertiary/aromatic N) is 1. The van der Waals surface area contributed by atoms with Crippen LogP contribution in [-0.4, -0.2) is 51.4 Å². The van der Waals surface area contributed by atoms with E-state index >= 15 is 0 Å². The molecule has 0 bridgehead atoms. The van der Waals surface area contributed by atoms with Crippen molar-refractivity contribution in [1.29, 1.82) is 0 Å². The summed E-state index contributed by atoms with van der Waals surface area (Å²) in [6, 6.07) is 8.55. The maximum Gasteiger partial charge on any atom is 0.124 e. The molecule has 1 heterocycles. The van der Waals surface area contributed by atoms with E-state index in [-0.39, 0.29) is 6.04 Å². The SMILES string of the molecule is CCOc1ccccc1C(CN(C)CC1CCCO1)NC. The molecule has 1 saturated heterocycles. The lowest BCUT2D eigenvalue weighted by molar-refractivity contribution is 0.0786. The smallest absolute Gasteiger partial charge is 0.124 e. The van der Waals surface area contributed by atoms with Crippen LogP contribution in [0.4, 0.5) is 0 Å². The van der Waals surface area contributed by atoms with Crippen LogP contribution in [0, 0.1) is 0 Å². The number of benzene rings is 1. The van der Waals surface area contributed by atoms with Gasteiger partial charge < -0.3 is 19.7 Å². The van der Waals surface area contributed by atoms with Gasteiger partial charge in [-0.25, -0.2) is 0 Å². The third kappa shape index (κ3) is 4.70. The second-order valence-electron chi connectivity index (χ2n) is 5.67. The van der Waals surface area contributed by atoms with Crippen molar-refractivity contribution in [1.82, 2.24) is 10.2 Å². The summed E-state index contributed by atoms with van der Waals surface area (Å²) < 4.78 is 11.5. The first kappa shape index (κ1) is 16.3. The van der Waals surface area contributed by atoms with E-state index in [1.54, 1.807) is 0 Å². The van der Waals surface area contributed by atoms with Crippen molar-refractivity contribution in [2.24, 2.45) is 0 Å². The average molecular weight is 292 g/mol. The highest BCUT2D eigenvalue weighted by molar-refractivity contribution is 5.36. The van der Waals surface area contributed by atoms with E-state index in [1.165, 1.54) is 18.4 Å². The van der Waals surface area contributed by atoms with Crippen LogP contribution in [0.15, 0.2) is 24.3 Å². The molecule has 1 N–H and O–H groups in total. The molecule has 0 radical (unpaired) electrons. The largest absolute Gasteiger partial charge is 0.494 e. The number of rotatable bonds is 8. The van der Waals surface area contributed by atoms with E-state index in [0.717, 1.165) is 25.4 Å². The Morgan fingerprint density at radius 3 is 2.90 bits per heavy atom. The average Bonchev–Trinajstić information content (AvgIpc) is 2.99. The molecule has 0 amide bonds. The fourth-order valence-electron chi connectivity index (χ4n) is 2.92. The molecular formula is C17H28N2O2. The standard InChI is InChI=1S/C17H28N2O2/c1-4-20-17-10-6-5-9-15(17)16(18-2)13-19(3)12-14-8-7-11-21-14/h5-6,9-10,14,16,18H,4,7-8,11-13H2,1-3H3. The Bertz CT molecular complexity index is 419. The van der Waals surface area contributed by atoms with Gasteiger partial charge in [0, 0.05) is 31.3 Å². The Morgan fingerprint density at radius 1 is 1.43 bits per heavy atom. The fourth-order valence-corrected chi connectivity index (χ4v) is 2.92. The zero-order valence-corrected chi connectivity index (χ0v) is 13.5. The van der Waals surface area contributed by atoms with Gasteiger partial charge >= 0.3 is 0 Å². The Labute approximate surface area is 128 Å². The minimum atomic E-state index is 0.263. The van der Waals surface area contributed by atoms with Crippen LogP contribution in [0.25, 0.3) is 0 Å². The van der Waals surface area contributed by atoms with E-state index in [9.17, 15) is 0 Å². The van der Waals surface area contributed by atoms with Crippen LogP contribution in [-0.2, 0) is 4.74 Å². The van der Waals surface area contributed by atoms with Crippen molar-refractivity contribution in [3.63, 3.8) is 0 Å². The molecule has 1 aliphatic rings. The van der Waals surface area contributed by atoms with Gasteiger partial charge in [-0.05, 0) is 39.9 Å². The van der Waals surface area contributed by atoms with Gasteiger partial charge in [0.15, 0.2) is 0 Å². The van der Waals surface area contributed by atoms with Crippen LogP contribution in [0.3, 0.4) is 0 Å². The molecular weight excluding hydrogens is 264 g/mol. The summed E-state index contributed by atoms with van der Waals surface area (Å²) in [5, 5.41) is 3.41. The summed E-state index contributed by atoms with van der Waals surface area (Å²) in [6.07, 6.45) is 2.78. The quantitative estimate of drug-likeness (QED) is 0.798. The first-order valence-corrected chi connectivity index (χ1v) is 7.93. The zero-order valence-electron chi connectivity index (χ0n) is 13.5. The van der Waals surface area contributed by atoms with Crippen molar-refractivity contribution in [3.05, 3.63) is 29.8 Å². The number of para-hydroxylation sites is 1. The molecule has 1 aromatic rings. The van der Waals surface area contributed by atoms with Gasteiger partial charge in [-0.1, -0.05) is 18.2 Å². The van der Waals surface area contributed by atoms with Crippen LogP contribution in [0.1, 0.15) is 31.4 Å². The van der Waals surface area contributed by atoms with Gasteiger partial charge in [-0.15, -0.1) is 0 Å². The van der Waals surface area contributed by atoms with Crippen molar-refractivity contribution in [2.75, 3.05) is 40.4 Å². The Hall–Kier alpha value is -1.10. The Morgan fingerprint density at radius 2 is 2.24 bits per heavy atom. The molecule has 2 rings (SSSR count). The van der Waals surface area contributed by atoms with Crippen LogP contribution in [0.5, 0.6) is 5.75 Å². The lowest BCUT2D eigenvalue weighted by Crippen LogP contribution is -2.36. The lowest BCUT2D eigenvalue weighted by Gasteiger charge is -2.27. The van der Waals surface area contributed by atoms with Gasteiger partial charge in [-0.2, -0.15) is 0 Å². The highest BCUT2D eigenvalue weighted by atomic mass is 16.5. The van der Waals surface area contributed by atoms with E-state index in [4.69, 9.17) is 9.47 Å². The Balaban J connectivity index is 1.98.